The number of hydrogen-bond donors (Lipinski definition) is 0. The Morgan fingerprint density at radius 1 is 1.14 bits per heavy atom. The van der Waals surface area contributed by atoms with Crippen LogP contribution < -0.4 is 9.54 Å². The third-order valence-corrected chi connectivity index (χ3v) is 8.91. The van der Waals surface area contributed by atoms with Crippen molar-refractivity contribution in [3.63, 3.8) is 0 Å². The fraction of sp³-hybridized carbons (Fsp3) is 0.391. The van der Waals surface area contributed by atoms with Gasteiger partial charge < -0.3 is 9.30 Å². The van der Waals surface area contributed by atoms with E-state index >= 15 is 0 Å². The molecule has 0 atom stereocenters. The van der Waals surface area contributed by atoms with E-state index in [-0.39, 0.29) is 16.1 Å². The Morgan fingerprint density at radius 3 is 2.37 bits per heavy atom. The number of carbonyl (C=O) groups is 1. The van der Waals surface area contributed by atoms with E-state index in [9.17, 15) is 23.3 Å². The van der Waals surface area contributed by atoms with Gasteiger partial charge in [-0.2, -0.15) is 9.30 Å². The zero-order valence-corrected chi connectivity index (χ0v) is 21.1. The molecule has 1 aliphatic rings. The molecule has 4 rings (SSSR count). The lowest BCUT2D eigenvalue weighted by Crippen LogP contribution is -2.31. The molecule has 2 aromatic carbocycles. The molecule has 10 nitrogen and oxygen atoms in total. The van der Waals surface area contributed by atoms with Crippen molar-refractivity contribution >= 4 is 43.2 Å². The van der Waals surface area contributed by atoms with Gasteiger partial charge in [-0.3, -0.25) is 14.9 Å². The molecule has 1 aliphatic heterocycles. The van der Waals surface area contributed by atoms with Crippen LogP contribution in [-0.2, 0) is 16.6 Å². The Morgan fingerprint density at radius 2 is 1.80 bits per heavy atom. The van der Waals surface area contributed by atoms with E-state index in [1.54, 1.807) is 4.57 Å². The van der Waals surface area contributed by atoms with Crippen LogP contribution in [-0.4, -0.2) is 48.3 Å². The van der Waals surface area contributed by atoms with E-state index in [0.717, 1.165) is 37.0 Å². The summed E-state index contributed by atoms with van der Waals surface area (Å²) in [6.07, 6.45) is 3.73. The molecule has 1 fully saturated rings. The standard InChI is InChI=1S/C23H26N4O6S2/c1-3-26-21-19(33-2)14-17(27(29)30)15-20(21)34-23(26)24-22(28)16-8-10-18(11-9-16)35(31,32)25-12-6-4-5-7-13-25/h8-11,14-15H,3-7,12-13H2,1-2H3. The van der Waals surface area contributed by atoms with Gasteiger partial charge in [-0.15, -0.1) is 0 Å². The van der Waals surface area contributed by atoms with Crippen LogP contribution in [0.15, 0.2) is 46.3 Å². The van der Waals surface area contributed by atoms with Crippen molar-refractivity contribution in [2.24, 2.45) is 4.99 Å². The number of nitro benzene ring substituents is 1. The molecule has 12 heteroatoms. The first-order valence-electron chi connectivity index (χ1n) is 11.3. The first-order valence-corrected chi connectivity index (χ1v) is 13.6. The Balaban J connectivity index is 1.68. The molecule has 0 bridgehead atoms. The number of sulfonamides is 1. The van der Waals surface area contributed by atoms with Gasteiger partial charge in [-0.25, -0.2) is 8.42 Å². The highest BCUT2D eigenvalue weighted by atomic mass is 32.2. The number of fused-ring (bicyclic) bond motifs is 1. The maximum absolute atomic E-state index is 13.0. The van der Waals surface area contributed by atoms with Crippen LogP contribution in [0.3, 0.4) is 0 Å². The van der Waals surface area contributed by atoms with Crippen LogP contribution in [0.1, 0.15) is 43.0 Å². The van der Waals surface area contributed by atoms with Gasteiger partial charge in [0.2, 0.25) is 10.0 Å². The van der Waals surface area contributed by atoms with Crippen molar-refractivity contribution in [2.75, 3.05) is 20.2 Å². The highest BCUT2D eigenvalue weighted by Crippen LogP contribution is 2.32. The first-order chi connectivity index (χ1) is 16.8. The van der Waals surface area contributed by atoms with E-state index in [4.69, 9.17) is 4.74 Å². The number of carbonyl (C=O) groups excluding carboxylic acids is 1. The molecular weight excluding hydrogens is 492 g/mol. The molecule has 3 aromatic rings. The second kappa shape index (κ2) is 10.3. The second-order valence-electron chi connectivity index (χ2n) is 8.14. The highest BCUT2D eigenvalue weighted by molar-refractivity contribution is 7.89. The summed E-state index contributed by atoms with van der Waals surface area (Å²) >= 11 is 1.15. The van der Waals surface area contributed by atoms with Crippen LogP contribution in [0, 0.1) is 10.1 Å². The first kappa shape index (κ1) is 25.0. The van der Waals surface area contributed by atoms with Crippen molar-refractivity contribution in [1.29, 1.82) is 0 Å². The molecule has 0 unspecified atom stereocenters. The summed E-state index contributed by atoms with van der Waals surface area (Å²) < 4.78 is 35.2. The molecular formula is C23H26N4O6S2. The minimum Gasteiger partial charge on any atom is -0.494 e. The fourth-order valence-corrected chi connectivity index (χ4v) is 6.81. The van der Waals surface area contributed by atoms with Crippen molar-refractivity contribution < 1.29 is 22.9 Å². The number of aryl methyl sites for hydroxylation is 1. The molecule has 35 heavy (non-hydrogen) atoms. The van der Waals surface area contributed by atoms with Gasteiger partial charge in [-0.05, 0) is 44.0 Å². The van der Waals surface area contributed by atoms with Crippen molar-refractivity contribution in [3.05, 3.63) is 56.9 Å². The third-order valence-electron chi connectivity index (χ3n) is 5.98. The summed E-state index contributed by atoms with van der Waals surface area (Å²) in [5, 5.41) is 11.3. The van der Waals surface area contributed by atoms with E-state index in [0.29, 0.717) is 40.4 Å². The van der Waals surface area contributed by atoms with Gasteiger partial charge in [0.15, 0.2) is 10.6 Å². The van der Waals surface area contributed by atoms with Crippen molar-refractivity contribution in [3.8, 4) is 5.75 Å². The van der Waals surface area contributed by atoms with E-state index in [1.807, 2.05) is 6.92 Å². The minimum absolute atomic E-state index is 0.113. The molecule has 1 saturated heterocycles. The predicted octanol–water partition coefficient (Wildman–Crippen LogP) is 3.95. The summed E-state index contributed by atoms with van der Waals surface area (Å²) in [5.41, 5.74) is 0.756. The number of nitro groups is 1. The quantitative estimate of drug-likeness (QED) is 0.360. The Kier molecular flexibility index (Phi) is 7.33. The zero-order valence-electron chi connectivity index (χ0n) is 19.5. The van der Waals surface area contributed by atoms with Gasteiger partial charge in [0.25, 0.3) is 11.6 Å². The zero-order chi connectivity index (χ0) is 25.2. The van der Waals surface area contributed by atoms with E-state index < -0.39 is 20.9 Å². The molecule has 0 N–H and O–H groups in total. The third kappa shape index (κ3) is 5.00. The second-order valence-corrected chi connectivity index (χ2v) is 11.1. The molecule has 2 heterocycles. The normalized spacial score (nSPS) is 15.8. The van der Waals surface area contributed by atoms with E-state index in [1.165, 1.54) is 47.8 Å². The molecule has 1 aromatic heterocycles. The van der Waals surface area contributed by atoms with Crippen LogP contribution >= 0.6 is 11.3 Å². The smallest absolute Gasteiger partial charge is 0.279 e. The summed E-state index contributed by atoms with van der Waals surface area (Å²) in [4.78, 5) is 28.5. The lowest BCUT2D eigenvalue weighted by Gasteiger charge is -2.19. The maximum Gasteiger partial charge on any atom is 0.279 e. The fourth-order valence-electron chi connectivity index (χ4n) is 4.15. The van der Waals surface area contributed by atoms with Crippen molar-refractivity contribution in [1.82, 2.24) is 8.87 Å². The van der Waals surface area contributed by atoms with Crippen LogP contribution in [0.4, 0.5) is 5.69 Å². The predicted molar refractivity (Wildman–Crippen MR) is 132 cm³/mol. The summed E-state index contributed by atoms with van der Waals surface area (Å²) in [6.45, 7) is 3.35. The summed E-state index contributed by atoms with van der Waals surface area (Å²) in [5.74, 6) is -0.213. The molecule has 0 radical (unpaired) electrons. The number of non-ortho nitro benzene ring substituents is 1. The number of aromatic nitrogens is 1. The molecule has 1 amide bonds. The number of ether oxygens (including phenoxy) is 1. The Bertz CT molecular complexity index is 1430. The van der Waals surface area contributed by atoms with Crippen LogP contribution in [0.25, 0.3) is 10.2 Å². The Hall–Kier alpha value is -3.09. The minimum atomic E-state index is -3.61. The average Bonchev–Trinajstić information content (AvgIpc) is 3.00. The molecule has 186 valence electrons. The SMILES string of the molecule is CCn1c(=NC(=O)c2ccc(S(=O)(=O)N3CCCCCC3)cc2)sc2cc([N+](=O)[O-])cc(OC)c21. The van der Waals surface area contributed by atoms with Gasteiger partial charge >= 0.3 is 0 Å². The van der Waals surface area contributed by atoms with Crippen molar-refractivity contribution in [2.45, 2.75) is 44.0 Å². The maximum atomic E-state index is 13.0. The number of benzene rings is 2. The number of rotatable bonds is 6. The number of thiazole rings is 1. The Labute approximate surface area is 206 Å². The van der Waals surface area contributed by atoms with Gasteiger partial charge in [0.1, 0.15) is 5.52 Å². The van der Waals surface area contributed by atoms with Crippen LogP contribution in [0.5, 0.6) is 5.75 Å². The number of hydrogen-bond acceptors (Lipinski definition) is 7. The summed E-state index contributed by atoms with van der Waals surface area (Å²) in [7, 11) is -2.18. The van der Waals surface area contributed by atoms with Crippen LogP contribution in [0.2, 0.25) is 0 Å². The lowest BCUT2D eigenvalue weighted by atomic mass is 10.2. The van der Waals surface area contributed by atoms with Gasteiger partial charge in [-0.1, -0.05) is 24.2 Å². The number of nitrogens with zero attached hydrogens (tertiary/aromatic N) is 4. The average molecular weight is 519 g/mol. The van der Waals surface area contributed by atoms with Gasteiger partial charge in [0.05, 0.1) is 27.7 Å². The highest BCUT2D eigenvalue weighted by Gasteiger charge is 2.25. The number of amides is 1. The topological polar surface area (TPSA) is 124 Å². The van der Waals surface area contributed by atoms with E-state index in [2.05, 4.69) is 4.99 Å². The number of methoxy groups -OCH3 is 1. The molecule has 0 spiro atoms. The molecule has 0 aliphatic carbocycles. The lowest BCUT2D eigenvalue weighted by molar-refractivity contribution is -0.384. The monoisotopic (exact) mass is 518 g/mol. The molecule has 0 saturated carbocycles. The summed E-state index contributed by atoms with van der Waals surface area (Å²) in [6, 6.07) is 8.58. The largest absolute Gasteiger partial charge is 0.494 e. The van der Waals surface area contributed by atoms with Gasteiger partial charge in [0, 0.05) is 31.3 Å².